The van der Waals surface area contributed by atoms with Gasteiger partial charge < -0.3 is 23.2 Å². The SMILES string of the molecule is COP(=O)(S)OC1C[C@H](n2cc(C)c(=O)[nH]c2=O)O[C@@H]1COP(O)(=S)OC. The molecule has 11 nitrogen and oxygen atoms in total. The van der Waals surface area contributed by atoms with Crippen molar-refractivity contribution >= 4 is 37.6 Å². The zero-order valence-electron chi connectivity index (χ0n) is 14.6. The molecule has 0 aromatic carbocycles. The highest BCUT2D eigenvalue weighted by molar-refractivity contribution is 8.44. The maximum atomic E-state index is 12.1. The molecule has 1 aromatic rings. The second-order valence-electron chi connectivity index (χ2n) is 5.59. The van der Waals surface area contributed by atoms with Gasteiger partial charge >= 0.3 is 19.2 Å². The van der Waals surface area contributed by atoms with Crippen LogP contribution in [-0.2, 0) is 39.2 Å². The van der Waals surface area contributed by atoms with E-state index < -0.39 is 43.2 Å². The average molecular weight is 462 g/mol. The molecule has 1 aliphatic rings. The van der Waals surface area contributed by atoms with Gasteiger partial charge in [-0.3, -0.25) is 18.9 Å². The normalized spacial score (nSPS) is 27.2. The third-order valence-electron chi connectivity index (χ3n) is 3.77. The van der Waals surface area contributed by atoms with E-state index >= 15 is 0 Å². The summed E-state index contributed by atoms with van der Waals surface area (Å²) in [4.78, 5) is 35.5. The van der Waals surface area contributed by atoms with Crippen molar-refractivity contribution in [3.8, 4) is 0 Å². The van der Waals surface area contributed by atoms with E-state index in [1.165, 1.54) is 31.9 Å². The summed E-state index contributed by atoms with van der Waals surface area (Å²) in [6, 6.07) is 0. The van der Waals surface area contributed by atoms with Crippen LogP contribution in [-0.4, -0.2) is 47.5 Å². The molecule has 0 bridgehead atoms. The van der Waals surface area contributed by atoms with Gasteiger partial charge in [0.1, 0.15) is 18.4 Å². The molecule has 0 amide bonds. The van der Waals surface area contributed by atoms with Crippen LogP contribution in [0.1, 0.15) is 18.2 Å². The third kappa shape index (κ3) is 6.07. The van der Waals surface area contributed by atoms with Crippen LogP contribution in [0.15, 0.2) is 15.8 Å². The van der Waals surface area contributed by atoms with Crippen LogP contribution in [0.2, 0.25) is 0 Å². The molecule has 1 saturated heterocycles. The highest BCUT2D eigenvalue weighted by Gasteiger charge is 2.42. The van der Waals surface area contributed by atoms with E-state index in [0.717, 1.165) is 0 Å². The Hall–Kier alpha value is -0.330. The summed E-state index contributed by atoms with van der Waals surface area (Å²) in [6.07, 6.45) is -1.15. The minimum atomic E-state index is -3.68. The maximum absolute atomic E-state index is 12.1. The number of hydrogen-bond acceptors (Lipinski definition) is 9. The Morgan fingerprint density at radius 3 is 2.70 bits per heavy atom. The molecule has 1 aromatic heterocycles. The molecule has 0 saturated carbocycles. The Labute approximate surface area is 164 Å². The van der Waals surface area contributed by atoms with Crippen molar-refractivity contribution in [3.63, 3.8) is 0 Å². The third-order valence-corrected chi connectivity index (χ3v) is 7.24. The number of aromatic amines is 1. The van der Waals surface area contributed by atoms with E-state index in [-0.39, 0.29) is 13.0 Å². The van der Waals surface area contributed by atoms with Crippen LogP contribution in [0.25, 0.3) is 0 Å². The number of ether oxygens (including phenoxy) is 1. The molecule has 2 rings (SSSR count). The molecule has 0 spiro atoms. The van der Waals surface area contributed by atoms with Crippen molar-refractivity contribution in [2.45, 2.75) is 31.8 Å². The minimum absolute atomic E-state index is 0.0780. The number of rotatable bonds is 8. The first-order valence-corrected chi connectivity index (χ1v) is 12.8. The average Bonchev–Trinajstić information content (AvgIpc) is 2.98. The number of hydrogen-bond donors (Lipinski definition) is 3. The predicted molar refractivity (Wildman–Crippen MR) is 103 cm³/mol. The van der Waals surface area contributed by atoms with Crippen molar-refractivity contribution in [2.75, 3.05) is 20.8 Å². The molecule has 27 heavy (non-hydrogen) atoms. The molecule has 154 valence electrons. The lowest BCUT2D eigenvalue weighted by Gasteiger charge is -2.22. The molecular weight excluding hydrogens is 442 g/mol. The van der Waals surface area contributed by atoms with Gasteiger partial charge in [0, 0.05) is 32.4 Å². The lowest BCUT2D eigenvalue weighted by Crippen LogP contribution is -2.33. The summed E-state index contributed by atoms with van der Waals surface area (Å²) < 4.78 is 38.9. The number of nitrogens with zero attached hydrogens (tertiary/aromatic N) is 1. The molecule has 15 heteroatoms. The highest BCUT2D eigenvalue weighted by atomic mass is 32.7. The molecule has 3 unspecified atom stereocenters. The largest absolute Gasteiger partial charge is 0.386 e. The van der Waals surface area contributed by atoms with Crippen LogP contribution in [0.4, 0.5) is 0 Å². The number of nitrogens with one attached hydrogen (secondary N) is 1. The Kier molecular flexibility index (Phi) is 7.65. The zero-order valence-corrected chi connectivity index (χ0v) is 18.1. The second kappa shape index (κ2) is 9.00. The summed E-state index contributed by atoms with van der Waals surface area (Å²) in [7, 11) is 2.36. The minimum Gasteiger partial charge on any atom is -0.349 e. The topological polar surface area (TPSA) is 138 Å². The molecular formula is C12H20N2O9P2S2. The van der Waals surface area contributed by atoms with Crippen LogP contribution in [0.5, 0.6) is 0 Å². The fourth-order valence-corrected chi connectivity index (χ4v) is 4.00. The maximum Gasteiger partial charge on any atom is 0.386 e. The lowest BCUT2D eigenvalue weighted by molar-refractivity contribution is -0.0402. The van der Waals surface area contributed by atoms with E-state index in [1.54, 1.807) is 0 Å². The number of H-pyrrole nitrogens is 1. The van der Waals surface area contributed by atoms with Crippen LogP contribution in [0, 0.1) is 6.92 Å². The first kappa shape index (κ1) is 23.0. The standard InChI is InChI=1S/C12H20N2O9P2S2/c1-7-5-14(12(16)13-11(7)15)10-4-8(23-25(18,27)20-3)9(22-10)6-21-24(17,26)19-2/h5,8-10H,4,6H2,1-3H3,(H,17,26)(H,18,27)(H,13,15,16)/t8?,9-,10-,24?,25?/m1/s1. The molecule has 2 N–H and O–H groups in total. The fourth-order valence-electron chi connectivity index (χ4n) is 2.37. The van der Waals surface area contributed by atoms with Gasteiger partial charge in [-0.2, -0.15) is 0 Å². The summed E-state index contributed by atoms with van der Waals surface area (Å²) in [5, 5.41) is 0. The van der Waals surface area contributed by atoms with Crippen LogP contribution in [0.3, 0.4) is 0 Å². The zero-order chi connectivity index (χ0) is 20.4. The van der Waals surface area contributed by atoms with Crippen molar-refractivity contribution in [1.82, 2.24) is 9.55 Å². The van der Waals surface area contributed by atoms with Crippen molar-refractivity contribution in [1.29, 1.82) is 0 Å². The molecule has 1 fully saturated rings. The van der Waals surface area contributed by atoms with Crippen molar-refractivity contribution in [2.24, 2.45) is 0 Å². The Bertz CT molecular complexity index is 888. The second-order valence-corrected chi connectivity index (χ2v) is 11.5. The van der Waals surface area contributed by atoms with Crippen molar-refractivity contribution < 1.29 is 32.3 Å². The van der Waals surface area contributed by atoms with Gasteiger partial charge in [0.25, 0.3) is 5.56 Å². The number of thiol groups is 1. The lowest BCUT2D eigenvalue weighted by atomic mass is 10.2. The molecule has 5 atom stereocenters. The Balaban J connectivity index is 2.26. The van der Waals surface area contributed by atoms with E-state index in [4.69, 9.17) is 30.1 Å². The van der Waals surface area contributed by atoms with Crippen molar-refractivity contribution in [3.05, 3.63) is 32.6 Å². The van der Waals surface area contributed by atoms with Gasteiger partial charge in [-0.05, 0) is 18.7 Å². The van der Waals surface area contributed by atoms with Gasteiger partial charge in [0.2, 0.25) is 0 Å². The number of aromatic nitrogens is 2. The molecule has 2 heterocycles. The molecule has 0 radical (unpaired) electrons. The predicted octanol–water partition coefficient (Wildman–Crippen LogP) is 1.08. The van der Waals surface area contributed by atoms with E-state index in [0.29, 0.717) is 5.56 Å². The van der Waals surface area contributed by atoms with Gasteiger partial charge in [-0.25, -0.2) is 9.36 Å². The Morgan fingerprint density at radius 1 is 1.44 bits per heavy atom. The molecule has 1 aliphatic heterocycles. The van der Waals surface area contributed by atoms with E-state index in [9.17, 15) is 19.0 Å². The summed E-state index contributed by atoms with van der Waals surface area (Å²) >= 11 is 8.59. The molecule has 0 aliphatic carbocycles. The quantitative estimate of drug-likeness (QED) is 0.380. The van der Waals surface area contributed by atoms with Gasteiger partial charge in [-0.1, -0.05) is 12.2 Å². The Morgan fingerprint density at radius 2 is 2.11 bits per heavy atom. The summed E-state index contributed by atoms with van der Waals surface area (Å²) in [6.45, 7) is -5.86. The van der Waals surface area contributed by atoms with Gasteiger partial charge in [-0.15, -0.1) is 0 Å². The summed E-state index contributed by atoms with van der Waals surface area (Å²) in [5.74, 6) is 0. The first-order valence-electron chi connectivity index (χ1n) is 7.55. The fraction of sp³-hybridized carbons (Fsp3) is 0.667. The van der Waals surface area contributed by atoms with Gasteiger partial charge in [0.05, 0.1) is 6.61 Å². The van der Waals surface area contributed by atoms with E-state index in [1.807, 2.05) is 0 Å². The smallest absolute Gasteiger partial charge is 0.349 e. The number of aryl methyl sites for hydroxylation is 1. The first-order chi connectivity index (χ1) is 12.5. The van der Waals surface area contributed by atoms with Crippen LogP contribution >= 0.6 is 25.8 Å². The van der Waals surface area contributed by atoms with Gasteiger partial charge in [0.15, 0.2) is 0 Å². The van der Waals surface area contributed by atoms with Crippen LogP contribution < -0.4 is 11.2 Å². The highest BCUT2D eigenvalue weighted by Crippen LogP contribution is 2.55. The summed E-state index contributed by atoms with van der Waals surface area (Å²) in [5.41, 5.74) is -0.888. The van der Waals surface area contributed by atoms with E-state index in [2.05, 4.69) is 21.8 Å². The monoisotopic (exact) mass is 462 g/mol.